The molecule has 2 aromatic carbocycles. The number of ketones is 1. The highest BCUT2D eigenvalue weighted by atomic mass is 16.6. The summed E-state index contributed by atoms with van der Waals surface area (Å²) in [6, 6.07) is 9.97. The normalized spacial score (nSPS) is 17.5. The summed E-state index contributed by atoms with van der Waals surface area (Å²) in [6.07, 6.45) is 0. The van der Waals surface area contributed by atoms with Gasteiger partial charge in [-0.1, -0.05) is 26.0 Å². The highest BCUT2D eigenvalue weighted by molar-refractivity contribution is 6.46. The molecule has 1 fully saturated rings. The van der Waals surface area contributed by atoms with Crippen molar-refractivity contribution in [3.8, 4) is 5.75 Å². The number of rotatable bonds is 9. The van der Waals surface area contributed by atoms with E-state index in [0.717, 1.165) is 0 Å². The van der Waals surface area contributed by atoms with Crippen molar-refractivity contribution in [2.24, 2.45) is 5.92 Å². The van der Waals surface area contributed by atoms with Gasteiger partial charge in [0.1, 0.15) is 11.5 Å². The number of carbonyl (C=O) groups excluding carboxylic acids is 2. The van der Waals surface area contributed by atoms with Crippen LogP contribution in [0.25, 0.3) is 5.76 Å². The number of nitro groups is 1. The van der Waals surface area contributed by atoms with Crippen LogP contribution in [0, 0.1) is 23.0 Å². The minimum atomic E-state index is -0.953. The maximum absolute atomic E-state index is 13.2. The molecule has 1 heterocycles. The number of benzene rings is 2. The Morgan fingerprint density at radius 1 is 1.20 bits per heavy atom. The van der Waals surface area contributed by atoms with Crippen molar-refractivity contribution in [3.05, 3.63) is 74.8 Å². The van der Waals surface area contributed by atoms with Gasteiger partial charge in [0.15, 0.2) is 0 Å². The Bertz CT molecular complexity index is 1170. The molecule has 35 heavy (non-hydrogen) atoms. The van der Waals surface area contributed by atoms with Gasteiger partial charge >= 0.3 is 0 Å². The lowest BCUT2D eigenvalue weighted by atomic mass is 9.93. The van der Waals surface area contributed by atoms with Gasteiger partial charge in [-0.3, -0.25) is 19.7 Å². The Labute approximate surface area is 204 Å². The number of ether oxygens (including phenoxy) is 1. The molecule has 0 aliphatic carbocycles. The smallest absolute Gasteiger partial charge is 0.295 e. The van der Waals surface area contributed by atoms with Gasteiger partial charge < -0.3 is 19.6 Å². The number of aliphatic hydroxyl groups is 1. The lowest BCUT2D eigenvalue weighted by molar-refractivity contribution is -0.384. The van der Waals surface area contributed by atoms with Crippen molar-refractivity contribution < 1.29 is 24.4 Å². The first-order valence-corrected chi connectivity index (χ1v) is 11.4. The number of hydrogen-bond acceptors (Lipinski definition) is 7. The minimum Gasteiger partial charge on any atom is -0.507 e. The second-order valence-corrected chi connectivity index (χ2v) is 9.33. The summed E-state index contributed by atoms with van der Waals surface area (Å²) in [5.74, 6) is -0.914. The molecular formula is C26H31N3O6. The van der Waals surface area contributed by atoms with Gasteiger partial charge in [-0.2, -0.15) is 0 Å². The molecular weight excluding hydrogens is 450 g/mol. The standard InChI is InChI=1S/C26H31N3O6/c1-16(2)15-35-20-9-10-21(17(3)13-20)24(30)22-23(18-7-6-8-19(14-18)29(33)34)28(12-11-27(4)5)26(32)25(22)31/h6-10,13-14,16,23,30H,11-12,15H2,1-5H3/b24-22+/t23-/m1/s1. The molecule has 1 aliphatic heterocycles. The molecule has 0 radical (unpaired) electrons. The summed E-state index contributed by atoms with van der Waals surface area (Å²) in [4.78, 5) is 40.2. The third-order valence-corrected chi connectivity index (χ3v) is 5.76. The molecule has 0 aromatic heterocycles. The topological polar surface area (TPSA) is 113 Å². The van der Waals surface area contributed by atoms with Crippen LogP contribution < -0.4 is 4.74 Å². The minimum absolute atomic E-state index is 0.0896. The fourth-order valence-electron chi connectivity index (χ4n) is 3.97. The van der Waals surface area contributed by atoms with Crippen molar-refractivity contribution in [2.45, 2.75) is 26.8 Å². The van der Waals surface area contributed by atoms with E-state index in [9.17, 15) is 24.8 Å². The lowest BCUT2D eigenvalue weighted by Gasteiger charge is -2.26. The number of amides is 1. The highest BCUT2D eigenvalue weighted by Crippen LogP contribution is 2.40. The fourth-order valence-corrected chi connectivity index (χ4v) is 3.97. The Balaban J connectivity index is 2.12. The van der Waals surface area contributed by atoms with Crippen molar-refractivity contribution in [1.29, 1.82) is 0 Å². The Morgan fingerprint density at radius 3 is 2.51 bits per heavy atom. The SMILES string of the molecule is Cc1cc(OCC(C)C)ccc1/C(O)=C1\C(=O)C(=O)N(CCN(C)C)[C@@H]1c1cccc([N+](=O)[O-])c1. The molecule has 9 heteroatoms. The number of likely N-dealkylation sites (N-methyl/N-ethyl adjacent to an activating group) is 1. The van der Waals surface area contributed by atoms with Gasteiger partial charge in [-0.05, 0) is 56.3 Å². The van der Waals surface area contributed by atoms with Crippen LogP contribution in [0.5, 0.6) is 5.75 Å². The van der Waals surface area contributed by atoms with E-state index in [2.05, 4.69) is 0 Å². The van der Waals surface area contributed by atoms with Crippen LogP contribution >= 0.6 is 0 Å². The van der Waals surface area contributed by atoms with Crippen LogP contribution in [0.3, 0.4) is 0 Å². The molecule has 1 saturated heterocycles. The van der Waals surface area contributed by atoms with Crippen LogP contribution in [0.2, 0.25) is 0 Å². The summed E-state index contributed by atoms with van der Waals surface area (Å²) in [7, 11) is 3.68. The predicted molar refractivity (Wildman–Crippen MR) is 132 cm³/mol. The molecule has 9 nitrogen and oxygen atoms in total. The van der Waals surface area contributed by atoms with Gasteiger partial charge in [0.2, 0.25) is 0 Å². The second kappa shape index (κ2) is 10.7. The zero-order valence-electron chi connectivity index (χ0n) is 20.6. The van der Waals surface area contributed by atoms with Gasteiger partial charge in [0.25, 0.3) is 17.4 Å². The Kier molecular flexibility index (Phi) is 7.91. The van der Waals surface area contributed by atoms with Crippen LogP contribution in [0.15, 0.2) is 48.0 Å². The number of likely N-dealkylation sites (tertiary alicyclic amines) is 1. The molecule has 1 aliphatic rings. The number of carbonyl (C=O) groups is 2. The molecule has 0 bridgehead atoms. The second-order valence-electron chi connectivity index (χ2n) is 9.33. The molecule has 2 aromatic rings. The molecule has 3 rings (SSSR count). The first kappa shape index (κ1) is 25.9. The van der Waals surface area contributed by atoms with E-state index in [-0.39, 0.29) is 23.6 Å². The maximum Gasteiger partial charge on any atom is 0.295 e. The van der Waals surface area contributed by atoms with Crippen LogP contribution in [0.4, 0.5) is 5.69 Å². The quantitative estimate of drug-likeness (QED) is 0.190. The van der Waals surface area contributed by atoms with Crippen LogP contribution in [-0.2, 0) is 9.59 Å². The van der Waals surface area contributed by atoms with E-state index in [1.807, 2.05) is 32.8 Å². The number of aryl methyl sites for hydroxylation is 1. The third kappa shape index (κ3) is 5.68. The molecule has 0 saturated carbocycles. The average Bonchev–Trinajstić information content (AvgIpc) is 3.06. The zero-order chi connectivity index (χ0) is 25.9. The molecule has 0 spiro atoms. The summed E-state index contributed by atoms with van der Waals surface area (Å²) in [5, 5.41) is 22.7. The first-order chi connectivity index (χ1) is 16.5. The van der Waals surface area contributed by atoms with Gasteiger partial charge in [0, 0.05) is 30.8 Å². The van der Waals surface area contributed by atoms with E-state index in [0.29, 0.717) is 41.5 Å². The average molecular weight is 482 g/mol. The van der Waals surface area contributed by atoms with E-state index < -0.39 is 22.7 Å². The molecule has 186 valence electrons. The number of Topliss-reactive ketones (excluding diaryl/α,β-unsaturated/α-hetero) is 1. The fraction of sp³-hybridized carbons (Fsp3) is 0.385. The Hall–Kier alpha value is -3.72. The van der Waals surface area contributed by atoms with Gasteiger partial charge in [-0.25, -0.2) is 0 Å². The lowest BCUT2D eigenvalue weighted by Crippen LogP contribution is -2.35. The monoisotopic (exact) mass is 481 g/mol. The largest absolute Gasteiger partial charge is 0.507 e. The van der Waals surface area contributed by atoms with E-state index in [1.165, 1.54) is 23.1 Å². The van der Waals surface area contributed by atoms with Crippen molar-refractivity contribution in [2.75, 3.05) is 33.8 Å². The molecule has 1 atom stereocenters. The maximum atomic E-state index is 13.2. The summed E-state index contributed by atoms with van der Waals surface area (Å²) in [5.41, 5.74) is 1.19. The zero-order valence-corrected chi connectivity index (χ0v) is 20.6. The first-order valence-electron chi connectivity index (χ1n) is 11.4. The summed E-state index contributed by atoms with van der Waals surface area (Å²) < 4.78 is 5.75. The van der Waals surface area contributed by atoms with Crippen molar-refractivity contribution in [3.63, 3.8) is 0 Å². The van der Waals surface area contributed by atoms with E-state index in [1.54, 1.807) is 31.2 Å². The number of nitrogens with zero attached hydrogens (tertiary/aromatic N) is 3. The van der Waals surface area contributed by atoms with Gasteiger partial charge in [-0.15, -0.1) is 0 Å². The summed E-state index contributed by atoms with van der Waals surface area (Å²) in [6.45, 7) is 7.07. The van der Waals surface area contributed by atoms with Gasteiger partial charge in [0.05, 0.1) is 23.1 Å². The molecule has 1 amide bonds. The molecule has 0 unspecified atom stereocenters. The van der Waals surface area contributed by atoms with E-state index >= 15 is 0 Å². The number of hydrogen-bond donors (Lipinski definition) is 1. The van der Waals surface area contributed by atoms with Crippen molar-refractivity contribution >= 4 is 23.1 Å². The van der Waals surface area contributed by atoms with E-state index in [4.69, 9.17) is 4.74 Å². The van der Waals surface area contributed by atoms with Crippen LogP contribution in [0.1, 0.15) is 36.6 Å². The van der Waals surface area contributed by atoms with Crippen molar-refractivity contribution in [1.82, 2.24) is 9.80 Å². The Morgan fingerprint density at radius 2 is 1.91 bits per heavy atom. The third-order valence-electron chi connectivity index (χ3n) is 5.76. The molecule has 1 N–H and O–H groups in total. The van der Waals surface area contributed by atoms with Crippen LogP contribution in [-0.4, -0.2) is 65.3 Å². The highest BCUT2D eigenvalue weighted by Gasteiger charge is 2.46. The number of non-ortho nitro benzene ring substituents is 1. The summed E-state index contributed by atoms with van der Waals surface area (Å²) >= 11 is 0. The number of aliphatic hydroxyl groups excluding tert-OH is 1. The number of nitro benzene ring substituents is 1. The predicted octanol–water partition coefficient (Wildman–Crippen LogP) is 3.92.